The number of benzene rings is 3. The number of carbonyl (C=O) groups excluding carboxylic acids is 3. The predicted octanol–water partition coefficient (Wildman–Crippen LogP) is 5.19. The predicted molar refractivity (Wildman–Crippen MR) is 142 cm³/mol. The summed E-state index contributed by atoms with van der Waals surface area (Å²) in [6.07, 6.45) is 0.659. The van der Waals surface area contributed by atoms with E-state index in [0.29, 0.717) is 35.2 Å². The summed E-state index contributed by atoms with van der Waals surface area (Å²) in [6.45, 7) is 1.93. The van der Waals surface area contributed by atoms with Crippen LogP contribution in [0.5, 0.6) is 0 Å². The molecule has 188 valence electrons. The molecule has 7 heteroatoms. The molecule has 7 nitrogen and oxygen atoms in total. The molecule has 3 aromatic carbocycles. The lowest BCUT2D eigenvalue weighted by Gasteiger charge is -2.11. The fraction of sp³-hybridized carbons (Fsp3) is 0.200. The number of amides is 1. The third kappa shape index (κ3) is 6.79. The van der Waals surface area contributed by atoms with Gasteiger partial charge in [0.25, 0.3) is 5.91 Å². The third-order valence-electron chi connectivity index (χ3n) is 5.74. The fourth-order valence-corrected chi connectivity index (χ4v) is 3.91. The van der Waals surface area contributed by atoms with Gasteiger partial charge in [-0.1, -0.05) is 72.8 Å². The van der Waals surface area contributed by atoms with Crippen LogP contribution in [-0.2, 0) is 19.1 Å². The van der Waals surface area contributed by atoms with E-state index in [4.69, 9.17) is 14.5 Å². The SMILES string of the molecule is CCOC(=O)CCCNC(=O)COC(=O)c1cc(-c2ccc(-c3ccccc3)cc2)nc2ccccc12. The molecule has 0 unspecified atom stereocenters. The maximum Gasteiger partial charge on any atom is 0.339 e. The number of hydrogen-bond acceptors (Lipinski definition) is 6. The van der Waals surface area contributed by atoms with E-state index in [1.807, 2.05) is 72.8 Å². The Labute approximate surface area is 215 Å². The molecule has 0 aliphatic carbocycles. The molecule has 1 N–H and O–H groups in total. The van der Waals surface area contributed by atoms with Crippen molar-refractivity contribution in [3.63, 3.8) is 0 Å². The van der Waals surface area contributed by atoms with E-state index in [9.17, 15) is 14.4 Å². The molecule has 0 atom stereocenters. The van der Waals surface area contributed by atoms with Crippen LogP contribution in [-0.4, -0.2) is 42.6 Å². The summed E-state index contributed by atoms with van der Waals surface area (Å²) < 4.78 is 10.2. The smallest absolute Gasteiger partial charge is 0.339 e. The molecule has 0 aliphatic rings. The summed E-state index contributed by atoms with van der Waals surface area (Å²) in [6, 6.07) is 27.1. The van der Waals surface area contributed by atoms with Gasteiger partial charge in [0, 0.05) is 23.9 Å². The Morgan fingerprint density at radius 3 is 2.24 bits per heavy atom. The first kappa shape index (κ1) is 25.6. The van der Waals surface area contributed by atoms with Crippen molar-refractivity contribution in [2.24, 2.45) is 0 Å². The number of esters is 2. The van der Waals surface area contributed by atoms with Crippen molar-refractivity contribution in [3.8, 4) is 22.4 Å². The van der Waals surface area contributed by atoms with E-state index < -0.39 is 18.5 Å². The van der Waals surface area contributed by atoms with Gasteiger partial charge in [0.05, 0.1) is 23.4 Å². The molecule has 1 heterocycles. The number of aromatic nitrogens is 1. The van der Waals surface area contributed by atoms with Crippen molar-refractivity contribution < 1.29 is 23.9 Å². The molecule has 0 aliphatic heterocycles. The average molecular weight is 497 g/mol. The van der Waals surface area contributed by atoms with Gasteiger partial charge in [0.15, 0.2) is 6.61 Å². The Kier molecular flexibility index (Phi) is 8.60. The molecule has 0 saturated heterocycles. The highest BCUT2D eigenvalue weighted by Gasteiger charge is 2.17. The molecule has 0 fully saturated rings. The molecule has 0 radical (unpaired) electrons. The van der Waals surface area contributed by atoms with Crippen LogP contribution in [0, 0.1) is 0 Å². The molecular weight excluding hydrogens is 468 g/mol. The quantitative estimate of drug-likeness (QED) is 0.240. The van der Waals surface area contributed by atoms with Crippen molar-refractivity contribution in [2.75, 3.05) is 19.8 Å². The van der Waals surface area contributed by atoms with E-state index >= 15 is 0 Å². The summed E-state index contributed by atoms with van der Waals surface area (Å²) in [5.74, 6) is -1.35. The minimum Gasteiger partial charge on any atom is -0.466 e. The molecule has 0 saturated carbocycles. The zero-order valence-corrected chi connectivity index (χ0v) is 20.6. The van der Waals surface area contributed by atoms with Crippen LogP contribution in [0.25, 0.3) is 33.3 Å². The fourth-order valence-electron chi connectivity index (χ4n) is 3.91. The third-order valence-corrected chi connectivity index (χ3v) is 5.74. The van der Waals surface area contributed by atoms with Crippen LogP contribution in [0.3, 0.4) is 0 Å². The second-order valence-corrected chi connectivity index (χ2v) is 8.35. The van der Waals surface area contributed by atoms with Crippen LogP contribution in [0.1, 0.15) is 30.1 Å². The molecule has 1 aromatic heterocycles. The van der Waals surface area contributed by atoms with Crippen LogP contribution in [0.4, 0.5) is 0 Å². The summed E-state index contributed by atoms with van der Waals surface area (Å²) in [5.41, 5.74) is 4.68. The Hall–Kier alpha value is -4.52. The van der Waals surface area contributed by atoms with Crippen molar-refractivity contribution in [1.29, 1.82) is 0 Å². The zero-order valence-electron chi connectivity index (χ0n) is 20.6. The van der Waals surface area contributed by atoms with Crippen LogP contribution < -0.4 is 5.32 Å². The highest BCUT2D eigenvalue weighted by atomic mass is 16.5. The number of carbonyl (C=O) groups is 3. The van der Waals surface area contributed by atoms with E-state index in [1.54, 1.807) is 19.1 Å². The lowest BCUT2D eigenvalue weighted by molar-refractivity contribution is -0.143. The summed E-state index contributed by atoms with van der Waals surface area (Å²) in [4.78, 5) is 41.2. The van der Waals surface area contributed by atoms with Crippen LogP contribution in [0.2, 0.25) is 0 Å². The maximum atomic E-state index is 13.0. The Morgan fingerprint density at radius 1 is 0.811 bits per heavy atom. The van der Waals surface area contributed by atoms with Crippen molar-refractivity contribution in [3.05, 3.63) is 90.5 Å². The number of hydrogen-bond donors (Lipinski definition) is 1. The lowest BCUT2D eigenvalue weighted by atomic mass is 10.0. The first-order chi connectivity index (χ1) is 18.0. The highest BCUT2D eigenvalue weighted by molar-refractivity contribution is 6.05. The Balaban J connectivity index is 1.45. The number of para-hydroxylation sites is 1. The molecule has 1 amide bonds. The first-order valence-corrected chi connectivity index (χ1v) is 12.2. The zero-order chi connectivity index (χ0) is 26.0. The van der Waals surface area contributed by atoms with E-state index in [2.05, 4.69) is 5.32 Å². The van der Waals surface area contributed by atoms with Gasteiger partial charge in [-0.2, -0.15) is 0 Å². The van der Waals surface area contributed by atoms with Gasteiger partial charge >= 0.3 is 11.9 Å². The molecule has 37 heavy (non-hydrogen) atoms. The Bertz CT molecular complexity index is 1380. The number of fused-ring (bicyclic) bond motifs is 1. The van der Waals surface area contributed by atoms with Gasteiger partial charge in [-0.15, -0.1) is 0 Å². The van der Waals surface area contributed by atoms with Gasteiger partial charge in [-0.05, 0) is 36.6 Å². The topological polar surface area (TPSA) is 94.6 Å². The van der Waals surface area contributed by atoms with E-state index in [1.165, 1.54) is 0 Å². The molecular formula is C30H28N2O5. The molecule has 0 bridgehead atoms. The first-order valence-electron chi connectivity index (χ1n) is 12.2. The summed E-state index contributed by atoms with van der Waals surface area (Å²) >= 11 is 0. The molecule has 0 spiro atoms. The number of ether oxygens (including phenoxy) is 2. The Morgan fingerprint density at radius 2 is 1.49 bits per heavy atom. The van der Waals surface area contributed by atoms with Crippen molar-refractivity contribution >= 4 is 28.7 Å². The van der Waals surface area contributed by atoms with E-state index in [0.717, 1.165) is 16.7 Å². The van der Waals surface area contributed by atoms with Gasteiger partial charge < -0.3 is 14.8 Å². The van der Waals surface area contributed by atoms with Crippen molar-refractivity contribution in [2.45, 2.75) is 19.8 Å². The van der Waals surface area contributed by atoms with Gasteiger partial charge in [-0.25, -0.2) is 9.78 Å². The largest absolute Gasteiger partial charge is 0.466 e. The summed E-state index contributed by atoms with van der Waals surface area (Å²) in [5, 5.41) is 3.29. The summed E-state index contributed by atoms with van der Waals surface area (Å²) in [7, 11) is 0. The molecule has 4 aromatic rings. The van der Waals surface area contributed by atoms with Gasteiger partial charge in [0.2, 0.25) is 0 Å². The van der Waals surface area contributed by atoms with Crippen LogP contribution >= 0.6 is 0 Å². The second-order valence-electron chi connectivity index (χ2n) is 8.35. The highest BCUT2D eigenvalue weighted by Crippen LogP contribution is 2.28. The minimum atomic E-state index is -0.609. The number of rotatable bonds is 10. The second kappa shape index (κ2) is 12.4. The van der Waals surface area contributed by atoms with Gasteiger partial charge in [0.1, 0.15) is 0 Å². The van der Waals surface area contributed by atoms with Gasteiger partial charge in [-0.3, -0.25) is 9.59 Å². The monoisotopic (exact) mass is 496 g/mol. The number of nitrogens with zero attached hydrogens (tertiary/aromatic N) is 1. The minimum absolute atomic E-state index is 0.214. The standard InChI is InChI=1S/C30H28N2O5/c1-2-36-29(34)13-8-18-31-28(33)20-37-30(35)25-19-27(32-26-12-7-6-11-24(25)26)23-16-14-22(15-17-23)21-9-4-3-5-10-21/h3-7,9-12,14-17,19H,2,8,13,18,20H2,1H3,(H,31,33). The normalized spacial score (nSPS) is 10.6. The number of pyridine rings is 1. The molecule has 4 rings (SSSR count). The van der Waals surface area contributed by atoms with Crippen molar-refractivity contribution in [1.82, 2.24) is 10.3 Å². The van der Waals surface area contributed by atoms with Crippen LogP contribution in [0.15, 0.2) is 84.9 Å². The lowest BCUT2D eigenvalue weighted by Crippen LogP contribution is -2.30. The van der Waals surface area contributed by atoms with E-state index in [-0.39, 0.29) is 18.9 Å². The number of nitrogens with one attached hydrogen (secondary N) is 1. The average Bonchev–Trinajstić information content (AvgIpc) is 2.94. The maximum absolute atomic E-state index is 13.0.